The van der Waals surface area contributed by atoms with E-state index in [2.05, 4.69) is 0 Å². The van der Waals surface area contributed by atoms with Crippen molar-refractivity contribution in [3.63, 3.8) is 0 Å². The first-order valence-corrected chi connectivity index (χ1v) is 9.19. The third-order valence-electron chi connectivity index (χ3n) is 3.40. The molecule has 2 rings (SSSR count). The molecular weight excluding hydrogens is 328 g/mol. The predicted molar refractivity (Wildman–Crippen MR) is 89.7 cm³/mol. The molecule has 2 aromatic rings. The standard InChI is InChI=1S/C18H18O5S/c1-13-4-3-5-14(10-13)11-18(20)23-12-17(19)15-6-8-16(9-7-15)24(2,21)22/h3-10H,11-12H2,1-2H3. The van der Waals surface area contributed by atoms with Crippen LogP contribution in [0.2, 0.25) is 0 Å². The third-order valence-corrected chi connectivity index (χ3v) is 4.53. The summed E-state index contributed by atoms with van der Waals surface area (Å²) in [7, 11) is -3.31. The number of ketones is 1. The Morgan fingerprint density at radius 2 is 1.71 bits per heavy atom. The second-order valence-electron chi connectivity index (χ2n) is 5.55. The van der Waals surface area contributed by atoms with Gasteiger partial charge in [-0.3, -0.25) is 9.59 Å². The van der Waals surface area contributed by atoms with Crippen molar-refractivity contribution < 1.29 is 22.7 Å². The van der Waals surface area contributed by atoms with Crippen molar-refractivity contribution in [2.45, 2.75) is 18.2 Å². The molecule has 0 saturated heterocycles. The molecule has 0 aromatic heterocycles. The average Bonchev–Trinajstić information content (AvgIpc) is 2.52. The summed E-state index contributed by atoms with van der Waals surface area (Å²) in [6.07, 6.45) is 1.19. The molecule has 0 atom stereocenters. The molecular formula is C18H18O5S. The van der Waals surface area contributed by atoms with Gasteiger partial charge in [-0.1, -0.05) is 29.8 Å². The van der Waals surface area contributed by atoms with E-state index in [4.69, 9.17) is 4.74 Å². The van der Waals surface area contributed by atoms with Gasteiger partial charge in [0.05, 0.1) is 11.3 Å². The summed E-state index contributed by atoms with van der Waals surface area (Å²) >= 11 is 0. The van der Waals surface area contributed by atoms with Crippen LogP contribution >= 0.6 is 0 Å². The maximum Gasteiger partial charge on any atom is 0.310 e. The normalized spacial score (nSPS) is 11.1. The van der Waals surface area contributed by atoms with E-state index in [0.29, 0.717) is 5.56 Å². The highest BCUT2D eigenvalue weighted by Crippen LogP contribution is 2.11. The molecule has 2 aromatic carbocycles. The number of aryl methyl sites for hydroxylation is 1. The van der Waals surface area contributed by atoms with Crippen LogP contribution in [-0.4, -0.2) is 33.0 Å². The van der Waals surface area contributed by atoms with E-state index in [1.165, 1.54) is 24.3 Å². The smallest absolute Gasteiger partial charge is 0.310 e. The van der Waals surface area contributed by atoms with Crippen molar-refractivity contribution in [2.75, 3.05) is 12.9 Å². The lowest BCUT2D eigenvalue weighted by atomic mass is 10.1. The zero-order chi connectivity index (χ0) is 17.7. The van der Waals surface area contributed by atoms with Crippen molar-refractivity contribution in [3.8, 4) is 0 Å². The molecule has 0 spiro atoms. The van der Waals surface area contributed by atoms with Gasteiger partial charge in [0.25, 0.3) is 0 Å². The summed E-state index contributed by atoms with van der Waals surface area (Å²) in [5.74, 6) is -0.866. The second kappa shape index (κ2) is 7.40. The Labute approximate surface area is 141 Å². The quantitative estimate of drug-likeness (QED) is 0.593. The number of ether oxygens (including phenoxy) is 1. The number of sulfone groups is 1. The molecule has 0 unspecified atom stereocenters. The monoisotopic (exact) mass is 346 g/mol. The van der Waals surface area contributed by atoms with Gasteiger partial charge in [-0.15, -0.1) is 0 Å². The average molecular weight is 346 g/mol. The third kappa shape index (κ3) is 5.03. The van der Waals surface area contributed by atoms with Crippen molar-refractivity contribution in [2.24, 2.45) is 0 Å². The van der Waals surface area contributed by atoms with Gasteiger partial charge < -0.3 is 4.74 Å². The van der Waals surface area contributed by atoms with E-state index in [9.17, 15) is 18.0 Å². The lowest BCUT2D eigenvalue weighted by Gasteiger charge is -2.06. The summed E-state index contributed by atoms with van der Waals surface area (Å²) in [6, 6.07) is 13.0. The van der Waals surface area contributed by atoms with E-state index in [1.54, 1.807) is 0 Å². The van der Waals surface area contributed by atoms with Crippen LogP contribution in [0.4, 0.5) is 0 Å². The van der Waals surface area contributed by atoms with E-state index in [1.807, 2.05) is 31.2 Å². The van der Waals surface area contributed by atoms with Crippen LogP contribution in [0.3, 0.4) is 0 Å². The molecule has 0 saturated carbocycles. The summed E-state index contributed by atoms with van der Waals surface area (Å²) in [4.78, 5) is 23.9. The molecule has 0 fully saturated rings. The summed E-state index contributed by atoms with van der Waals surface area (Å²) in [6.45, 7) is 1.56. The fraction of sp³-hybridized carbons (Fsp3) is 0.222. The molecule has 0 aliphatic heterocycles. The van der Waals surface area contributed by atoms with Crippen LogP contribution < -0.4 is 0 Å². The van der Waals surface area contributed by atoms with Crippen LogP contribution in [0.5, 0.6) is 0 Å². The lowest BCUT2D eigenvalue weighted by Crippen LogP contribution is -2.15. The number of hydrogen-bond donors (Lipinski definition) is 0. The van der Waals surface area contributed by atoms with E-state index >= 15 is 0 Å². The van der Waals surface area contributed by atoms with Gasteiger partial charge in [0.15, 0.2) is 22.2 Å². The van der Waals surface area contributed by atoms with Gasteiger partial charge in [0, 0.05) is 11.8 Å². The van der Waals surface area contributed by atoms with Gasteiger partial charge in [-0.05, 0) is 36.8 Å². The molecule has 6 heteroatoms. The van der Waals surface area contributed by atoms with Crippen molar-refractivity contribution >= 4 is 21.6 Å². The first-order chi connectivity index (χ1) is 11.3. The Bertz CT molecular complexity index is 851. The van der Waals surface area contributed by atoms with E-state index < -0.39 is 15.8 Å². The number of rotatable bonds is 6. The SMILES string of the molecule is Cc1cccc(CC(=O)OCC(=O)c2ccc(S(C)(=O)=O)cc2)c1. The first-order valence-electron chi connectivity index (χ1n) is 7.30. The fourth-order valence-electron chi connectivity index (χ4n) is 2.16. The molecule has 24 heavy (non-hydrogen) atoms. The second-order valence-corrected chi connectivity index (χ2v) is 7.56. The van der Waals surface area contributed by atoms with Gasteiger partial charge in [0.2, 0.25) is 0 Å². The molecule has 5 nitrogen and oxygen atoms in total. The molecule has 0 radical (unpaired) electrons. The summed E-state index contributed by atoms with van der Waals surface area (Å²) in [5, 5.41) is 0. The Kier molecular flexibility index (Phi) is 5.51. The number of esters is 1. The zero-order valence-corrected chi connectivity index (χ0v) is 14.3. The molecule has 0 amide bonds. The minimum Gasteiger partial charge on any atom is -0.457 e. The highest BCUT2D eigenvalue weighted by atomic mass is 32.2. The van der Waals surface area contributed by atoms with Crippen molar-refractivity contribution in [1.29, 1.82) is 0 Å². The Hall–Kier alpha value is -2.47. The van der Waals surface area contributed by atoms with Gasteiger partial charge in [0.1, 0.15) is 0 Å². The van der Waals surface area contributed by atoms with Crippen molar-refractivity contribution in [1.82, 2.24) is 0 Å². The maximum atomic E-state index is 12.0. The van der Waals surface area contributed by atoms with Crippen LogP contribution in [-0.2, 0) is 25.8 Å². The molecule has 0 aliphatic rings. The largest absolute Gasteiger partial charge is 0.457 e. The zero-order valence-electron chi connectivity index (χ0n) is 13.5. The predicted octanol–water partition coefficient (Wildman–Crippen LogP) is 2.37. The molecule has 0 aliphatic carbocycles. The summed E-state index contributed by atoms with van der Waals surface area (Å²) < 4.78 is 27.7. The van der Waals surface area contributed by atoms with Gasteiger partial charge in [-0.2, -0.15) is 0 Å². The Morgan fingerprint density at radius 3 is 2.29 bits per heavy atom. The maximum absolute atomic E-state index is 12.0. The highest BCUT2D eigenvalue weighted by Gasteiger charge is 2.12. The minimum atomic E-state index is -3.31. The number of benzene rings is 2. The van der Waals surface area contributed by atoms with Crippen LogP contribution in [0, 0.1) is 6.92 Å². The van der Waals surface area contributed by atoms with Crippen LogP contribution in [0.1, 0.15) is 21.5 Å². The van der Waals surface area contributed by atoms with Crippen molar-refractivity contribution in [3.05, 3.63) is 65.2 Å². The van der Waals surface area contributed by atoms with E-state index in [0.717, 1.165) is 17.4 Å². The lowest BCUT2D eigenvalue weighted by molar-refractivity contribution is -0.141. The Morgan fingerprint density at radius 1 is 1.04 bits per heavy atom. The molecule has 0 bridgehead atoms. The van der Waals surface area contributed by atoms with Crippen LogP contribution in [0.15, 0.2) is 53.4 Å². The number of Topliss-reactive ketones (excluding diaryl/α,β-unsaturated/α-hetero) is 1. The molecule has 126 valence electrons. The highest BCUT2D eigenvalue weighted by molar-refractivity contribution is 7.90. The molecule has 0 N–H and O–H groups in total. The van der Waals surface area contributed by atoms with E-state index in [-0.39, 0.29) is 23.7 Å². The minimum absolute atomic E-state index is 0.0992. The number of hydrogen-bond acceptors (Lipinski definition) is 5. The topological polar surface area (TPSA) is 77.5 Å². The van der Waals surface area contributed by atoms with Crippen LogP contribution in [0.25, 0.3) is 0 Å². The number of carbonyl (C=O) groups excluding carboxylic acids is 2. The van der Waals surface area contributed by atoms with Gasteiger partial charge >= 0.3 is 5.97 Å². The molecule has 0 heterocycles. The summed E-state index contributed by atoms with van der Waals surface area (Å²) in [5.41, 5.74) is 2.16. The Balaban J connectivity index is 1.92. The number of carbonyl (C=O) groups is 2. The van der Waals surface area contributed by atoms with Gasteiger partial charge in [-0.25, -0.2) is 8.42 Å². The first kappa shape index (κ1) is 17.9. The fourth-order valence-corrected chi connectivity index (χ4v) is 2.79.